The first-order valence-corrected chi connectivity index (χ1v) is 6.17. The van der Waals surface area contributed by atoms with Crippen LogP contribution in [0.3, 0.4) is 0 Å². The molecule has 0 aromatic heterocycles. The molecular weight excluding hydrogens is 188 g/mol. The van der Waals surface area contributed by atoms with E-state index in [9.17, 15) is 5.11 Å². The van der Waals surface area contributed by atoms with E-state index in [4.69, 9.17) is 4.74 Å². The minimum atomic E-state index is -0.609. The monoisotopic (exact) mass is 216 g/mol. The first-order chi connectivity index (χ1) is 6.81. The lowest BCUT2D eigenvalue weighted by molar-refractivity contribution is -0.0943. The standard InChI is InChI=1S/C13H28O2/c1-7-12(5,8-2)15-10-11(4)13(6,14)9-3/h11,14H,7-10H2,1-6H3. The Morgan fingerprint density at radius 1 is 1.07 bits per heavy atom. The van der Waals surface area contributed by atoms with Crippen molar-refractivity contribution >= 4 is 0 Å². The van der Waals surface area contributed by atoms with Gasteiger partial charge in [0, 0.05) is 5.92 Å². The van der Waals surface area contributed by atoms with Crippen LogP contribution in [0.4, 0.5) is 0 Å². The Balaban J connectivity index is 4.15. The zero-order valence-corrected chi connectivity index (χ0v) is 11.3. The average molecular weight is 216 g/mol. The summed E-state index contributed by atoms with van der Waals surface area (Å²) in [5, 5.41) is 10.1. The Hall–Kier alpha value is -0.0800. The van der Waals surface area contributed by atoms with Crippen LogP contribution in [0.2, 0.25) is 0 Å². The third-order valence-electron chi connectivity index (χ3n) is 3.96. The predicted molar refractivity (Wildman–Crippen MR) is 65.0 cm³/mol. The molecule has 0 aromatic rings. The van der Waals surface area contributed by atoms with Gasteiger partial charge in [0.05, 0.1) is 17.8 Å². The molecule has 2 heteroatoms. The Labute approximate surface area is 95.0 Å². The predicted octanol–water partition coefficient (Wildman–Crippen LogP) is 3.38. The molecule has 0 heterocycles. The van der Waals surface area contributed by atoms with Gasteiger partial charge in [-0.3, -0.25) is 0 Å². The molecule has 0 saturated heterocycles. The molecule has 15 heavy (non-hydrogen) atoms. The van der Waals surface area contributed by atoms with Gasteiger partial charge in [-0.15, -0.1) is 0 Å². The molecule has 2 nitrogen and oxygen atoms in total. The normalized spacial score (nSPS) is 18.6. The van der Waals surface area contributed by atoms with Gasteiger partial charge >= 0.3 is 0 Å². The second-order valence-corrected chi connectivity index (χ2v) is 5.08. The molecule has 0 aliphatic rings. The van der Waals surface area contributed by atoms with E-state index in [1.165, 1.54) is 0 Å². The van der Waals surface area contributed by atoms with Gasteiger partial charge in [-0.1, -0.05) is 27.7 Å². The van der Waals surface area contributed by atoms with Gasteiger partial charge < -0.3 is 9.84 Å². The first-order valence-electron chi connectivity index (χ1n) is 6.17. The molecule has 0 bridgehead atoms. The summed E-state index contributed by atoms with van der Waals surface area (Å²) in [5.41, 5.74) is -0.638. The number of hydrogen-bond acceptors (Lipinski definition) is 2. The summed E-state index contributed by atoms with van der Waals surface area (Å²) in [4.78, 5) is 0. The molecule has 1 N–H and O–H groups in total. The highest BCUT2D eigenvalue weighted by atomic mass is 16.5. The average Bonchev–Trinajstić information content (AvgIpc) is 2.25. The van der Waals surface area contributed by atoms with Crippen molar-refractivity contribution in [3.63, 3.8) is 0 Å². The van der Waals surface area contributed by atoms with Gasteiger partial charge in [-0.05, 0) is 33.1 Å². The molecule has 0 radical (unpaired) electrons. The van der Waals surface area contributed by atoms with E-state index in [0.29, 0.717) is 6.61 Å². The summed E-state index contributed by atoms with van der Waals surface area (Å²) in [6.45, 7) is 13.0. The van der Waals surface area contributed by atoms with Crippen molar-refractivity contribution in [2.45, 2.75) is 72.0 Å². The fourth-order valence-electron chi connectivity index (χ4n) is 1.31. The van der Waals surface area contributed by atoms with Gasteiger partial charge in [0.15, 0.2) is 0 Å². The molecule has 92 valence electrons. The lowest BCUT2D eigenvalue weighted by Gasteiger charge is -2.34. The van der Waals surface area contributed by atoms with Crippen LogP contribution >= 0.6 is 0 Å². The summed E-state index contributed by atoms with van der Waals surface area (Å²) in [6, 6.07) is 0. The van der Waals surface area contributed by atoms with E-state index in [-0.39, 0.29) is 11.5 Å². The minimum absolute atomic E-state index is 0.0297. The summed E-state index contributed by atoms with van der Waals surface area (Å²) >= 11 is 0. The van der Waals surface area contributed by atoms with Crippen LogP contribution < -0.4 is 0 Å². The van der Waals surface area contributed by atoms with Gasteiger partial charge in [0.25, 0.3) is 0 Å². The zero-order valence-electron chi connectivity index (χ0n) is 11.3. The maximum Gasteiger partial charge on any atom is 0.0664 e. The highest BCUT2D eigenvalue weighted by Crippen LogP contribution is 2.25. The largest absolute Gasteiger partial charge is 0.390 e. The van der Waals surface area contributed by atoms with Crippen LogP contribution in [0.25, 0.3) is 0 Å². The molecule has 0 fully saturated rings. The van der Waals surface area contributed by atoms with Crippen molar-refractivity contribution in [2.24, 2.45) is 5.92 Å². The Kier molecular flexibility index (Phi) is 5.82. The Morgan fingerprint density at radius 3 is 1.87 bits per heavy atom. The fraction of sp³-hybridized carbons (Fsp3) is 1.00. The SMILES string of the molecule is CCC(C)(CC)OCC(C)C(C)(O)CC. The smallest absolute Gasteiger partial charge is 0.0664 e. The Bertz CT molecular complexity index is 171. The highest BCUT2D eigenvalue weighted by molar-refractivity contribution is 4.79. The summed E-state index contributed by atoms with van der Waals surface area (Å²) < 4.78 is 5.92. The Morgan fingerprint density at radius 2 is 1.53 bits per heavy atom. The van der Waals surface area contributed by atoms with Gasteiger partial charge in [-0.25, -0.2) is 0 Å². The molecule has 2 unspecified atom stereocenters. The van der Waals surface area contributed by atoms with Crippen LogP contribution in [-0.4, -0.2) is 22.9 Å². The van der Waals surface area contributed by atoms with Gasteiger partial charge in [-0.2, -0.15) is 0 Å². The molecule has 0 aliphatic carbocycles. The second-order valence-electron chi connectivity index (χ2n) is 5.08. The fourth-order valence-corrected chi connectivity index (χ4v) is 1.31. The lowest BCUT2D eigenvalue weighted by Crippen LogP contribution is -2.38. The third-order valence-corrected chi connectivity index (χ3v) is 3.96. The van der Waals surface area contributed by atoms with Crippen LogP contribution in [0.15, 0.2) is 0 Å². The summed E-state index contributed by atoms with van der Waals surface area (Å²) in [6.07, 6.45) is 2.81. The van der Waals surface area contributed by atoms with Crippen molar-refractivity contribution in [1.29, 1.82) is 0 Å². The number of rotatable bonds is 7. The number of ether oxygens (including phenoxy) is 1. The number of aliphatic hydroxyl groups is 1. The molecule has 0 spiro atoms. The van der Waals surface area contributed by atoms with E-state index >= 15 is 0 Å². The van der Waals surface area contributed by atoms with Crippen molar-refractivity contribution in [1.82, 2.24) is 0 Å². The molecule has 2 atom stereocenters. The van der Waals surface area contributed by atoms with Crippen molar-refractivity contribution < 1.29 is 9.84 Å². The van der Waals surface area contributed by atoms with Crippen LogP contribution in [0.1, 0.15) is 60.8 Å². The minimum Gasteiger partial charge on any atom is -0.390 e. The van der Waals surface area contributed by atoms with Crippen LogP contribution in [0.5, 0.6) is 0 Å². The van der Waals surface area contributed by atoms with Crippen LogP contribution in [0, 0.1) is 5.92 Å². The van der Waals surface area contributed by atoms with E-state index in [1.807, 2.05) is 13.8 Å². The quantitative estimate of drug-likeness (QED) is 0.707. The van der Waals surface area contributed by atoms with Gasteiger partial charge in [0.2, 0.25) is 0 Å². The molecule has 0 saturated carbocycles. The van der Waals surface area contributed by atoms with Crippen molar-refractivity contribution in [2.75, 3.05) is 6.61 Å². The van der Waals surface area contributed by atoms with Crippen LogP contribution in [-0.2, 0) is 4.74 Å². The number of hydrogen-bond donors (Lipinski definition) is 1. The molecule has 0 aromatic carbocycles. The third kappa shape index (κ3) is 4.52. The van der Waals surface area contributed by atoms with E-state index < -0.39 is 5.60 Å². The van der Waals surface area contributed by atoms with Gasteiger partial charge in [0.1, 0.15) is 0 Å². The topological polar surface area (TPSA) is 29.5 Å². The maximum absolute atomic E-state index is 10.1. The highest BCUT2D eigenvalue weighted by Gasteiger charge is 2.29. The summed E-state index contributed by atoms with van der Waals surface area (Å²) in [7, 11) is 0. The van der Waals surface area contributed by atoms with Crippen molar-refractivity contribution in [3.05, 3.63) is 0 Å². The van der Waals surface area contributed by atoms with E-state index in [1.54, 1.807) is 0 Å². The second kappa shape index (κ2) is 5.86. The summed E-state index contributed by atoms with van der Waals surface area (Å²) in [5.74, 6) is 0.180. The maximum atomic E-state index is 10.1. The van der Waals surface area contributed by atoms with E-state index in [0.717, 1.165) is 19.3 Å². The molecular formula is C13H28O2. The van der Waals surface area contributed by atoms with Crippen molar-refractivity contribution in [3.8, 4) is 0 Å². The molecule has 0 aliphatic heterocycles. The molecule has 0 rings (SSSR count). The zero-order chi connectivity index (χ0) is 12.1. The van der Waals surface area contributed by atoms with E-state index in [2.05, 4.69) is 27.7 Å². The lowest BCUT2D eigenvalue weighted by atomic mass is 9.88. The molecule has 0 amide bonds. The first kappa shape index (κ1) is 14.9.